The van der Waals surface area contributed by atoms with E-state index in [2.05, 4.69) is 15.7 Å². The lowest BCUT2D eigenvalue weighted by molar-refractivity contribution is -0.117. The van der Waals surface area contributed by atoms with Crippen LogP contribution in [-0.2, 0) is 11.3 Å². The highest BCUT2D eigenvalue weighted by Crippen LogP contribution is 2.31. The Morgan fingerprint density at radius 3 is 2.60 bits per heavy atom. The molecule has 178 valence electrons. The van der Waals surface area contributed by atoms with Crippen molar-refractivity contribution in [2.75, 3.05) is 13.7 Å². The average molecular weight is 471 g/mol. The highest BCUT2D eigenvalue weighted by molar-refractivity contribution is 6.05. The van der Waals surface area contributed by atoms with Gasteiger partial charge in [-0.2, -0.15) is 5.10 Å². The Labute approximate surface area is 203 Å². The highest BCUT2D eigenvalue weighted by Gasteiger charge is 2.16. The molecule has 0 aliphatic carbocycles. The summed E-state index contributed by atoms with van der Waals surface area (Å²) in [4.78, 5) is 25.7. The van der Waals surface area contributed by atoms with Crippen LogP contribution in [0.1, 0.15) is 22.5 Å². The van der Waals surface area contributed by atoms with Crippen molar-refractivity contribution >= 4 is 17.9 Å². The molecule has 2 heterocycles. The highest BCUT2D eigenvalue weighted by atomic mass is 16.5. The molecule has 2 amide bonds. The van der Waals surface area contributed by atoms with E-state index in [4.69, 9.17) is 9.15 Å². The van der Waals surface area contributed by atoms with E-state index in [0.29, 0.717) is 42.3 Å². The minimum Gasteiger partial charge on any atom is -0.496 e. The van der Waals surface area contributed by atoms with Gasteiger partial charge in [-0.05, 0) is 48.9 Å². The van der Waals surface area contributed by atoms with Crippen molar-refractivity contribution in [2.45, 2.75) is 13.0 Å². The van der Waals surface area contributed by atoms with Crippen molar-refractivity contribution in [2.24, 2.45) is 0 Å². The van der Waals surface area contributed by atoms with Crippen LogP contribution >= 0.6 is 0 Å². The van der Waals surface area contributed by atoms with Crippen molar-refractivity contribution in [3.05, 3.63) is 102 Å². The third-order valence-electron chi connectivity index (χ3n) is 5.22. The molecule has 0 bridgehead atoms. The van der Waals surface area contributed by atoms with Crippen molar-refractivity contribution in [3.63, 3.8) is 0 Å². The molecular weight excluding hydrogens is 444 g/mol. The Balaban J connectivity index is 1.51. The standard InChI is InChI=1S/C27H26N4O4/c1-34-24-12-6-5-11-22(24)25-14-13-21(35-25)19-23(30-26(32)20-9-3-2-4-10-20)27(33)28-15-7-17-31-18-8-16-29-31/h2-6,8-14,16,18-19H,7,15,17H2,1H3,(H,28,33)(H,30,32)/b23-19-. The van der Waals surface area contributed by atoms with Crippen LogP contribution in [0.4, 0.5) is 0 Å². The number of amides is 2. The minimum absolute atomic E-state index is 0.0823. The molecular formula is C27H26N4O4. The Bertz CT molecular complexity index is 1290. The number of ether oxygens (including phenoxy) is 1. The fourth-order valence-corrected chi connectivity index (χ4v) is 3.48. The molecule has 0 aliphatic rings. The first-order chi connectivity index (χ1) is 17.1. The molecule has 0 radical (unpaired) electrons. The third kappa shape index (κ3) is 6.26. The second kappa shape index (κ2) is 11.5. The number of hydrogen-bond acceptors (Lipinski definition) is 5. The summed E-state index contributed by atoms with van der Waals surface area (Å²) in [5.74, 6) is 0.873. The summed E-state index contributed by atoms with van der Waals surface area (Å²) in [5, 5.41) is 9.72. The van der Waals surface area contributed by atoms with Crippen molar-refractivity contribution in [1.29, 1.82) is 0 Å². The number of carbonyl (C=O) groups is 2. The van der Waals surface area contributed by atoms with Crippen LogP contribution in [-0.4, -0.2) is 35.2 Å². The summed E-state index contributed by atoms with van der Waals surface area (Å²) >= 11 is 0. The quantitative estimate of drug-likeness (QED) is 0.268. The number of methoxy groups -OCH3 is 1. The van der Waals surface area contributed by atoms with Gasteiger partial charge in [0.1, 0.15) is 23.0 Å². The number of nitrogens with one attached hydrogen (secondary N) is 2. The number of aromatic nitrogens is 2. The van der Waals surface area contributed by atoms with Crippen LogP contribution in [0.3, 0.4) is 0 Å². The zero-order valence-electron chi connectivity index (χ0n) is 19.3. The van der Waals surface area contributed by atoms with Crippen molar-refractivity contribution in [3.8, 4) is 17.1 Å². The van der Waals surface area contributed by atoms with Crippen molar-refractivity contribution in [1.82, 2.24) is 20.4 Å². The van der Waals surface area contributed by atoms with Crippen LogP contribution in [0.2, 0.25) is 0 Å². The minimum atomic E-state index is -0.412. The number of benzene rings is 2. The third-order valence-corrected chi connectivity index (χ3v) is 5.22. The molecule has 0 saturated heterocycles. The molecule has 2 aromatic heterocycles. The first-order valence-electron chi connectivity index (χ1n) is 11.2. The van der Waals surface area contributed by atoms with Gasteiger partial charge in [-0.15, -0.1) is 0 Å². The van der Waals surface area contributed by atoms with Gasteiger partial charge in [-0.1, -0.05) is 30.3 Å². The molecule has 2 N–H and O–H groups in total. The summed E-state index contributed by atoms with van der Waals surface area (Å²) in [7, 11) is 1.59. The SMILES string of the molecule is COc1ccccc1-c1ccc(/C=C(\NC(=O)c2ccccc2)C(=O)NCCCn2cccn2)o1. The number of para-hydroxylation sites is 1. The van der Waals surface area contributed by atoms with E-state index in [1.807, 2.05) is 42.6 Å². The van der Waals surface area contributed by atoms with E-state index in [1.54, 1.807) is 54.4 Å². The number of aryl methyl sites for hydroxylation is 1. The van der Waals surface area contributed by atoms with Crippen molar-refractivity contribution < 1.29 is 18.7 Å². The maximum atomic E-state index is 13.0. The van der Waals surface area contributed by atoms with Crippen LogP contribution < -0.4 is 15.4 Å². The molecule has 0 atom stereocenters. The molecule has 4 aromatic rings. The number of carbonyl (C=O) groups excluding carboxylic acids is 2. The summed E-state index contributed by atoms with van der Waals surface area (Å²) < 4.78 is 13.2. The average Bonchev–Trinajstić information content (AvgIpc) is 3.59. The Hall–Kier alpha value is -4.59. The van der Waals surface area contributed by atoms with Gasteiger partial charge in [0.2, 0.25) is 0 Å². The zero-order valence-corrected chi connectivity index (χ0v) is 19.3. The second-order valence-corrected chi connectivity index (χ2v) is 7.66. The Morgan fingerprint density at radius 1 is 1.03 bits per heavy atom. The van der Waals surface area contributed by atoms with Crippen LogP contribution in [0, 0.1) is 0 Å². The van der Waals surface area contributed by atoms with Gasteiger partial charge in [0.05, 0.1) is 12.7 Å². The molecule has 8 heteroatoms. The van der Waals surface area contributed by atoms with Crippen LogP contribution in [0.15, 0.2) is 95.3 Å². The second-order valence-electron chi connectivity index (χ2n) is 7.66. The number of rotatable bonds is 10. The summed E-state index contributed by atoms with van der Waals surface area (Å²) in [6.07, 6.45) is 5.78. The van der Waals surface area contributed by atoms with Crippen LogP contribution in [0.5, 0.6) is 5.75 Å². The maximum absolute atomic E-state index is 13.0. The molecule has 0 aliphatic heterocycles. The van der Waals surface area contributed by atoms with E-state index in [-0.39, 0.29) is 11.6 Å². The first-order valence-corrected chi connectivity index (χ1v) is 11.2. The van der Waals surface area contributed by atoms with E-state index in [1.165, 1.54) is 6.08 Å². The maximum Gasteiger partial charge on any atom is 0.267 e. The Morgan fingerprint density at radius 2 is 1.83 bits per heavy atom. The normalized spacial score (nSPS) is 11.2. The molecule has 8 nitrogen and oxygen atoms in total. The lowest BCUT2D eigenvalue weighted by Gasteiger charge is -2.11. The predicted molar refractivity (Wildman–Crippen MR) is 132 cm³/mol. The number of nitrogens with zero attached hydrogens (tertiary/aromatic N) is 2. The fraction of sp³-hybridized carbons (Fsp3) is 0.148. The van der Waals surface area contributed by atoms with Gasteiger partial charge in [-0.3, -0.25) is 14.3 Å². The number of furan rings is 1. The molecule has 35 heavy (non-hydrogen) atoms. The van der Waals surface area contributed by atoms with Gasteiger partial charge in [0, 0.05) is 37.1 Å². The summed E-state index contributed by atoms with van der Waals surface area (Å²) in [6, 6.07) is 21.6. The lowest BCUT2D eigenvalue weighted by atomic mass is 10.1. The topological polar surface area (TPSA) is 98.4 Å². The molecule has 0 saturated carbocycles. The van der Waals surface area contributed by atoms with Gasteiger partial charge in [0.15, 0.2) is 0 Å². The summed E-state index contributed by atoms with van der Waals surface area (Å²) in [5.41, 5.74) is 1.31. The van der Waals surface area contributed by atoms with Crippen LogP contribution in [0.25, 0.3) is 17.4 Å². The predicted octanol–water partition coefficient (Wildman–Crippen LogP) is 4.13. The lowest BCUT2D eigenvalue weighted by Crippen LogP contribution is -2.35. The molecule has 0 fully saturated rings. The molecule has 2 aromatic carbocycles. The zero-order chi connectivity index (χ0) is 24.5. The molecule has 0 spiro atoms. The van der Waals surface area contributed by atoms with Gasteiger partial charge >= 0.3 is 0 Å². The summed E-state index contributed by atoms with van der Waals surface area (Å²) in [6.45, 7) is 1.09. The fourth-order valence-electron chi connectivity index (χ4n) is 3.48. The first kappa shape index (κ1) is 23.6. The largest absolute Gasteiger partial charge is 0.496 e. The molecule has 0 unspecified atom stereocenters. The Kier molecular flexibility index (Phi) is 7.75. The monoisotopic (exact) mass is 470 g/mol. The van der Waals surface area contributed by atoms with Gasteiger partial charge in [-0.25, -0.2) is 0 Å². The number of hydrogen-bond donors (Lipinski definition) is 2. The smallest absolute Gasteiger partial charge is 0.267 e. The van der Waals surface area contributed by atoms with Gasteiger partial charge in [0.25, 0.3) is 11.8 Å². The van der Waals surface area contributed by atoms with E-state index < -0.39 is 5.91 Å². The van der Waals surface area contributed by atoms with E-state index in [9.17, 15) is 9.59 Å². The van der Waals surface area contributed by atoms with Gasteiger partial charge < -0.3 is 19.8 Å². The molecule has 4 rings (SSSR count). The van der Waals surface area contributed by atoms with E-state index >= 15 is 0 Å². The van der Waals surface area contributed by atoms with E-state index in [0.717, 1.165) is 5.56 Å².